The number of aliphatic hydroxyl groups is 4. The first-order chi connectivity index (χ1) is 21.5. The standard InChI is InChI=1S/C38H77NO5/c1-3-5-7-9-11-13-14-15-16-17-18-19-20-21-22-23-24-26-27-29-31-35(41)37(43)34(33-40)39-38(44)36(42)32-30-28-25-12-10-8-6-4-2/h34-37,40-43H,3-33H2,1-2H3,(H,39,44). The summed E-state index contributed by atoms with van der Waals surface area (Å²) in [4.78, 5) is 12.4. The van der Waals surface area contributed by atoms with E-state index < -0.39 is 36.9 Å². The third-order valence-corrected chi connectivity index (χ3v) is 9.32. The molecular weight excluding hydrogens is 550 g/mol. The van der Waals surface area contributed by atoms with E-state index in [1.165, 1.54) is 141 Å². The predicted octanol–water partition coefficient (Wildman–Crippen LogP) is 9.29. The minimum Gasteiger partial charge on any atom is -0.394 e. The number of nitrogens with one attached hydrogen (secondary N) is 1. The zero-order valence-corrected chi connectivity index (χ0v) is 29.4. The van der Waals surface area contributed by atoms with Crippen molar-refractivity contribution in [2.75, 3.05) is 6.61 Å². The van der Waals surface area contributed by atoms with Gasteiger partial charge < -0.3 is 25.7 Å². The highest BCUT2D eigenvalue weighted by Crippen LogP contribution is 2.17. The SMILES string of the molecule is CCCCCCCCCCCCCCCCCCCCCCC(O)C(O)C(CO)NC(=O)C(O)CCCCCCCCCC. The molecule has 6 heteroatoms. The first-order valence-corrected chi connectivity index (χ1v) is 19.4. The maximum atomic E-state index is 12.4. The molecule has 0 aromatic heterocycles. The number of hydrogen-bond donors (Lipinski definition) is 5. The highest BCUT2D eigenvalue weighted by molar-refractivity contribution is 5.80. The highest BCUT2D eigenvalue weighted by Gasteiger charge is 2.28. The lowest BCUT2D eigenvalue weighted by atomic mass is 9.99. The van der Waals surface area contributed by atoms with Crippen LogP contribution in [0.3, 0.4) is 0 Å². The molecule has 0 aromatic rings. The minimum atomic E-state index is -1.25. The Balaban J connectivity index is 3.68. The second-order valence-corrected chi connectivity index (χ2v) is 13.6. The summed E-state index contributed by atoms with van der Waals surface area (Å²) in [6, 6.07) is -0.976. The second-order valence-electron chi connectivity index (χ2n) is 13.6. The van der Waals surface area contributed by atoms with Crippen LogP contribution in [0, 0.1) is 0 Å². The highest BCUT2D eigenvalue weighted by atomic mass is 16.3. The molecule has 4 atom stereocenters. The summed E-state index contributed by atoms with van der Waals surface area (Å²) in [6.45, 7) is 4.01. The fourth-order valence-electron chi connectivity index (χ4n) is 6.17. The number of amides is 1. The van der Waals surface area contributed by atoms with Crippen LogP contribution in [0.4, 0.5) is 0 Å². The van der Waals surface area contributed by atoms with Crippen molar-refractivity contribution in [1.82, 2.24) is 5.32 Å². The van der Waals surface area contributed by atoms with E-state index in [4.69, 9.17) is 0 Å². The molecule has 0 radical (unpaired) electrons. The zero-order valence-electron chi connectivity index (χ0n) is 29.4. The monoisotopic (exact) mass is 628 g/mol. The first-order valence-electron chi connectivity index (χ1n) is 19.4. The van der Waals surface area contributed by atoms with Crippen LogP contribution in [0.2, 0.25) is 0 Å². The lowest BCUT2D eigenvalue weighted by molar-refractivity contribution is -0.132. The molecule has 44 heavy (non-hydrogen) atoms. The molecule has 0 spiro atoms. The molecule has 0 aliphatic heterocycles. The van der Waals surface area contributed by atoms with Gasteiger partial charge in [0.25, 0.3) is 0 Å². The number of carbonyl (C=O) groups excluding carboxylic acids is 1. The van der Waals surface area contributed by atoms with Crippen LogP contribution in [0.1, 0.15) is 206 Å². The van der Waals surface area contributed by atoms with Crippen molar-refractivity contribution in [3.05, 3.63) is 0 Å². The summed E-state index contributed by atoms with van der Waals surface area (Å²) in [6.07, 6.45) is 32.9. The summed E-state index contributed by atoms with van der Waals surface area (Å²) in [5.41, 5.74) is 0. The van der Waals surface area contributed by atoms with Gasteiger partial charge in [-0.05, 0) is 12.8 Å². The summed E-state index contributed by atoms with van der Waals surface area (Å²) in [5.74, 6) is -0.586. The number of aliphatic hydroxyl groups excluding tert-OH is 4. The topological polar surface area (TPSA) is 110 Å². The fourth-order valence-corrected chi connectivity index (χ4v) is 6.17. The lowest BCUT2D eigenvalue weighted by Crippen LogP contribution is -2.53. The van der Waals surface area contributed by atoms with Crippen LogP contribution < -0.4 is 5.32 Å². The molecule has 264 valence electrons. The Kier molecular flexibility index (Phi) is 33.1. The number of carbonyl (C=O) groups is 1. The summed E-state index contributed by atoms with van der Waals surface area (Å²) >= 11 is 0. The van der Waals surface area contributed by atoms with Crippen LogP contribution >= 0.6 is 0 Å². The Hall–Kier alpha value is -0.690. The Labute approximate surface area is 273 Å². The van der Waals surface area contributed by atoms with Crippen LogP contribution in [0.25, 0.3) is 0 Å². The van der Waals surface area contributed by atoms with Crippen molar-refractivity contribution in [3.63, 3.8) is 0 Å². The van der Waals surface area contributed by atoms with E-state index in [2.05, 4.69) is 19.2 Å². The van der Waals surface area contributed by atoms with Crippen molar-refractivity contribution >= 4 is 5.91 Å². The van der Waals surface area contributed by atoms with Crippen molar-refractivity contribution in [2.45, 2.75) is 231 Å². The minimum absolute atomic E-state index is 0.372. The molecule has 5 N–H and O–H groups in total. The van der Waals surface area contributed by atoms with Crippen molar-refractivity contribution in [2.24, 2.45) is 0 Å². The Bertz CT molecular complexity index is 590. The third kappa shape index (κ3) is 27.6. The van der Waals surface area contributed by atoms with Gasteiger partial charge in [0.05, 0.1) is 18.8 Å². The number of rotatable bonds is 35. The van der Waals surface area contributed by atoms with E-state index in [1.807, 2.05) is 0 Å². The van der Waals surface area contributed by atoms with Gasteiger partial charge in [-0.3, -0.25) is 4.79 Å². The molecule has 0 fully saturated rings. The van der Waals surface area contributed by atoms with E-state index >= 15 is 0 Å². The Morgan fingerprint density at radius 3 is 1.09 bits per heavy atom. The van der Waals surface area contributed by atoms with Gasteiger partial charge >= 0.3 is 0 Å². The maximum Gasteiger partial charge on any atom is 0.249 e. The summed E-state index contributed by atoms with van der Waals surface area (Å²) in [5, 5.41) is 43.3. The van der Waals surface area contributed by atoms with E-state index in [-0.39, 0.29) is 0 Å². The molecule has 0 saturated carbocycles. The van der Waals surface area contributed by atoms with Crippen molar-refractivity contribution < 1.29 is 25.2 Å². The van der Waals surface area contributed by atoms with Crippen LogP contribution in [0.5, 0.6) is 0 Å². The van der Waals surface area contributed by atoms with E-state index in [0.29, 0.717) is 12.8 Å². The molecular formula is C38H77NO5. The molecule has 1 amide bonds. The predicted molar refractivity (Wildman–Crippen MR) is 187 cm³/mol. The smallest absolute Gasteiger partial charge is 0.249 e. The number of hydrogen-bond acceptors (Lipinski definition) is 5. The largest absolute Gasteiger partial charge is 0.394 e. The molecule has 0 saturated heterocycles. The van der Waals surface area contributed by atoms with Crippen LogP contribution in [0.15, 0.2) is 0 Å². The van der Waals surface area contributed by atoms with E-state index in [1.54, 1.807) is 0 Å². The molecule has 0 heterocycles. The Morgan fingerprint density at radius 1 is 0.477 bits per heavy atom. The van der Waals surface area contributed by atoms with Gasteiger partial charge in [0.15, 0.2) is 0 Å². The van der Waals surface area contributed by atoms with Gasteiger partial charge in [-0.2, -0.15) is 0 Å². The van der Waals surface area contributed by atoms with Gasteiger partial charge in [-0.25, -0.2) is 0 Å². The molecule has 0 aliphatic rings. The van der Waals surface area contributed by atoms with Gasteiger partial charge in [0, 0.05) is 0 Å². The van der Waals surface area contributed by atoms with Crippen molar-refractivity contribution in [1.29, 1.82) is 0 Å². The molecule has 0 aliphatic carbocycles. The molecule has 6 nitrogen and oxygen atoms in total. The average Bonchev–Trinajstić information content (AvgIpc) is 3.03. The molecule has 0 aromatic carbocycles. The van der Waals surface area contributed by atoms with Crippen LogP contribution in [-0.2, 0) is 4.79 Å². The summed E-state index contributed by atoms with van der Waals surface area (Å²) < 4.78 is 0. The molecule has 0 rings (SSSR count). The van der Waals surface area contributed by atoms with Crippen LogP contribution in [-0.4, -0.2) is 57.3 Å². The maximum absolute atomic E-state index is 12.4. The summed E-state index contributed by atoms with van der Waals surface area (Å²) in [7, 11) is 0. The number of unbranched alkanes of at least 4 members (excludes halogenated alkanes) is 26. The van der Waals surface area contributed by atoms with Gasteiger partial charge in [0.1, 0.15) is 12.2 Å². The fraction of sp³-hybridized carbons (Fsp3) is 0.974. The van der Waals surface area contributed by atoms with E-state index in [9.17, 15) is 25.2 Å². The first kappa shape index (κ1) is 43.3. The lowest BCUT2D eigenvalue weighted by Gasteiger charge is -2.27. The third-order valence-electron chi connectivity index (χ3n) is 9.32. The van der Waals surface area contributed by atoms with E-state index in [0.717, 1.165) is 38.5 Å². The zero-order chi connectivity index (χ0) is 32.5. The van der Waals surface area contributed by atoms with Gasteiger partial charge in [0.2, 0.25) is 5.91 Å². The van der Waals surface area contributed by atoms with Gasteiger partial charge in [-0.15, -0.1) is 0 Å². The Morgan fingerprint density at radius 2 is 0.773 bits per heavy atom. The normalized spacial score (nSPS) is 14.4. The molecule has 0 bridgehead atoms. The average molecular weight is 628 g/mol. The second kappa shape index (κ2) is 33.7. The van der Waals surface area contributed by atoms with Gasteiger partial charge in [-0.1, -0.05) is 194 Å². The molecule has 4 unspecified atom stereocenters. The van der Waals surface area contributed by atoms with Crippen molar-refractivity contribution in [3.8, 4) is 0 Å². The quantitative estimate of drug-likeness (QED) is 0.0450.